The quantitative estimate of drug-likeness (QED) is 0.627. The van der Waals surface area contributed by atoms with E-state index in [4.69, 9.17) is 5.73 Å². The molecule has 6 heteroatoms. The number of nitrogen functional groups attached to an aromatic ring is 1. The fourth-order valence-corrected chi connectivity index (χ4v) is 4.99. The molecule has 0 amide bonds. The van der Waals surface area contributed by atoms with Crippen LogP contribution in [-0.4, -0.2) is 14.5 Å². The molecular formula is C15H23BrN2O2S. The molecule has 1 aromatic rings. The number of nitrogens with two attached hydrogens (primary N) is 1. The van der Waals surface area contributed by atoms with E-state index in [2.05, 4.69) is 27.6 Å². The lowest BCUT2D eigenvalue weighted by molar-refractivity contribution is 0.399. The Morgan fingerprint density at radius 2 is 1.90 bits per heavy atom. The zero-order chi connectivity index (χ0) is 15.6. The average Bonchev–Trinajstić information content (AvgIpc) is 2.59. The van der Waals surface area contributed by atoms with E-state index in [0.717, 1.165) is 23.7 Å². The summed E-state index contributed by atoms with van der Waals surface area (Å²) in [5, 5.41) is 0. The molecule has 1 aliphatic rings. The molecule has 2 rings (SSSR count). The van der Waals surface area contributed by atoms with Gasteiger partial charge in [-0.05, 0) is 59.3 Å². The summed E-state index contributed by atoms with van der Waals surface area (Å²) in [6.45, 7) is 3.91. The van der Waals surface area contributed by atoms with Gasteiger partial charge in [-0.1, -0.05) is 26.2 Å². The molecule has 0 spiro atoms. The van der Waals surface area contributed by atoms with E-state index >= 15 is 0 Å². The molecule has 0 aromatic heterocycles. The minimum atomic E-state index is -3.53. The smallest absolute Gasteiger partial charge is 0.241 e. The van der Waals surface area contributed by atoms with Crippen LogP contribution in [0.4, 0.5) is 5.69 Å². The Hall–Kier alpha value is -0.590. The molecule has 0 bridgehead atoms. The summed E-state index contributed by atoms with van der Waals surface area (Å²) in [5.74, 6) is 0.371. The van der Waals surface area contributed by atoms with Gasteiger partial charge in [-0.15, -0.1) is 0 Å². The highest BCUT2D eigenvalue weighted by atomic mass is 79.9. The average molecular weight is 375 g/mol. The normalized spacial score (nSPS) is 23.8. The molecule has 1 fully saturated rings. The number of halogens is 1. The summed E-state index contributed by atoms with van der Waals surface area (Å²) >= 11 is 3.33. The molecule has 1 aliphatic carbocycles. The van der Waals surface area contributed by atoms with Crippen molar-refractivity contribution in [2.24, 2.45) is 5.92 Å². The number of sulfonamides is 1. The molecule has 4 nitrogen and oxygen atoms in total. The predicted molar refractivity (Wildman–Crippen MR) is 89.6 cm³/mol. The van der Waals surface area contributed by atoms with Crippen molar-refractivity contribution < 1.29 is 8.42 Å². The first-order valence-corrected chi connectivity index (χ1v) is 9.67. The number of anilines is 1. The lowest BCUT2D eigenvalue weighted by Crippen LogP contribution is -2.39. The van der Waals surface area contributed by atoms with Crippen molar-refractivity contribution in [2.45, 2.75) is 56.9 Å². The van der Waals surface area contributed by atoms with E-state index in [1.165, 1.54) is 18.9 Å². The van der Waals surface area contributed by atoms with Gasteiger partial charge in [0, 0.05) is 16.2 Å². The third kappa shape index (κ3) is 3.99. The van der Waals surface area contributed by atoms with Gasteiger partial charge in [-0.3, -0.25) is 0 Å². The van der Waals surface area contributed by atoms with Crippen molar-refractivity contribution in [3.63, 3.8) is 0 Å². The summed E-state index contributed by atoms with van der Waals surface area (Å²) in [4.78, 5) is 0.277. The number of rotatable bonds is 3. The number of benzene rings is 1. The largest absolute Gasteiger partial charge is 0.398 e. The van der Waals surface area contributed by atoms with E-state index in [0.29, 0.717) is 17.2 Å². The summed E-state index contributed by atoms with van der Waals surface area (Å²) in [5.41, 5.74) is 6.97. The van der Waals surface area contributed by atoms with E-state index in [9.17, 15) is 8.42 Å². The van der Waals surface area contributed by atoms with Crippen LogP contribution in [0.15, 0.2) is 21.5 Å². The fraction of sp³-hybridized carbons (Fsp3) is 0.600. The maximum absolute atomic E-state index is 12.7. The van der Waals surface area contributed by atoms with Crippen LogP contribution in [0.5, 0.6) is 0 Å². The van der Waals surface area contributed by atoms with Crippen LogP contribution >= 0.6 is 15.9 Å². The maximum atomic E-state index is 12.7. The van der Waals surface area contributed by atoms with Crippen molar-refractivity contribution in [3.05, 3.63) is 22.2 Å². The Kier molecular flexibility index (Phi) is 5.33. The van der Waals surface area contributed by atoms with Gasteiger partial charge in [0.1, 0.15) is 0 Å². The fourth-order valence-electron chi connectivity index (χ4n) is 2.89. The SMILES string of the molecule is Cc1cc(Br)c(N)cc1S(=O)(=O)NC1CCCCCC1C. The molecule has 1 aromatic carbocycles. The highest BCUT2D eigenvalue weighted by Crippen LogP contribution is 2.28. The van der Waals surface area contributed by atoms with Gasteiger partial charge in [-0.2, -0.15) is 0 Å². The van der Waals surface area contributed by atoms with Crippen LogP contribution in [-0.2, 0) is 10.0 Å². The van der Waals surface area contributed by atoms with Crippen molar-refractivity contribution in [1.29, 1.82) is 0 Å². The second-order valence-corrected chi connectivity index (χ2v) is 8.52. The molecule has 3 N–H and O–H groups in total. The lowest BCUT2D eigenvalue weighted by Gasteiger charge is -2.23. The number of nitrogens with one attached hydrogen (secondary N) is 1. The van der Waals surface area contributed by atoms with Gasteiger partial charge < -0.3 is 5.73 Å². The Morgan fingerprint density at radius 3 is 2.62 bits per heavy atom. The summed E-state index contributed by atoms with van der Waals surface area (Å²) in [7, 11) is -3.53. The van der Waals surface area contributed by atoms with Gasteiger partial charge in [0.15, 0.2) is 0 Å². The summed E-state index contributed by atoms with van der Waals surface area (Å²) < 4.78 is 28.9. The third-order valence-electron chi connectivity index (χ3n) is 4.25. The minimum Gasteiger partial charge on any atom is -0.398 e. The predicted octanol–water partition coefficient (Wildman–Crippen LogP) is 3.59. The topological polar surface area (TPSA) is 72.2 Å². The molecule has 118 valence electrons. The van der Waals surface area contributed by atoms with Gasteiger partial charge in [-0.25, -0.2) is 13.1 Å². The summed E-state index contributed by atoms with van der Waals surface area (Å²) in [6.07, 6.45) is 5.44. The van der Waals surface area contributed by atoms with E-state index in [-0.39, 0.29) is 10.9 Å². The third-order valence-corrected chi connectivity index (χ3v) is 6.57. The van der Waals surface area contributed by atoms with Crippen molar-refractivity contribution in [1.82, 2.24) is 4.72 Å². The molecule has 1 saturated carbocycles. The van der Waals surface area contributed by atoms with Crippen LogP contribution in [0.3, 0.4) is 0 Å². The van der Waals surface area contributed by atoms with Crippen LogP contribution in [0.2, 0.25) is 0 Å². The molecule has 0 heterocycles. The highest BCUT2D eigenvalue weighted by molar-refractivity contribution is 9.10. The van der Waals surface area contributed by atoms with Crippen LogP contribution < -0.4 is 10.5 Å². The van der Waals surface area contributed by atoms with Crippen molar-refractivity contribution >= 4 is 31.6 Å². The van der Waals surface area contributed by atoms with Gasteiger partial charge in [0.2, 0.25) is 10.0 Å². The second kappa shape index (κ2) is 6.67. The first-order chi connectivity index (χ1) is 9.81. The van der Waals surface area contributed by atoms with E-state index in [1.54, 1.807) is 13.0 Å². The summed E-state index contributed by atoms with van der Waals surface area (Å²) in [6, 6.07) is 3.30. The standard InChI is InChI=1S/C15H23BrN2O2S/c1-10-6-4-3-5-7-14(10)18-21(19,20)15-9-13(17)12(16)8-11(15)2/h8-10,14,18H,3-7,17H2,1-2H3. The first-order valence-electron chi connectivity index (χ1n) is 7.39. The molecular weight excluding hydrogens is 352 g/mol. The maximum Gasteiger partial charge on any atom is 0.241 e. The molecule has 0 aliphatic heterocycles. The first kappa shape index (κ1) is 16.8. The Balaban J connectivity index is 2.27. The Bertz CT molecular complexity index is 616. The van der Waals surface area contributed by atoms with Crippen LogP contribution in [0.1, 0.15) is 44.6 Å². The zero-order valence-corrected chi connectivity index (χ0v) is 14.9. The van der Waals surface area contributed by atoms with Gasteiger partial charge >= 0.3 is 0 Å². The minimum absolute atomic E-state index is 0.0155. The van der Waals surface area contributed by atoms with Crippen LogP contribution in [0, 0.1) is 12.8 Å². The molecule has 21 heavy (non-hydrogen) atoms. The zero-order valence-electron chi connectivity index (χ0n) is 12.5. The molecule has 2 atom stereocenters. The Morgan fingerprint density at radius 1 is 1.24 bits per heavy atom. The van der Waals surface area contributed by atoms with E-state index in [1.807, 2.05) is 0 Å². The van der Waals surface area contributed by atoms with E-state index < -0.39 is 10.0 Å². The van der Waals surface area contributed by atoms with Crippen LogP contribution in [0.25, 0.3) is 0 Å². The highest BCUT2D eigenvalue weighted by Gasteiger charge is 2.27. The lowest BCUT2D eigenvalue weighted by atomic mass is 9.98. The number of aryl methyl sites for hydroxylation is 1. The number of hydrogen-bond donors (Lipinski definition) is 2. The number of hydrogen-bond acceptors (Lipinski definition) is 3. The van der Waals surface area contributed by atoms with Crippen molar-refractivity contribution in [3.8, 4) is 0 Å². The van der Waals surface area contributed by atoms with Crippen molar-refractivity contribution in [2.75, 3.05) is 5.73 Å². The molecule has 0 radical (unpaired) electrons. The Labute approximate surface area is 135 Å². The molecule has 0 saturated heterocycles. The van der Waals surface area contributed by atoms with Gasteiger partial charge in [0.05, 0.1) is 4.90 Å². The second-order valence-electron chi connectivity index (χ2n) is 5.98. The monoisotopic (exact) mass is 374 g/mol. The van der Waals surface area contributed by atoms with Gasteiger partial charge in [0.25, 0.3) is 0 Å². The molecule has 2 unspecified atom stereocenters.